The Balaban J connectivity index is 1.95. The highest BCUT2D eigenvalue weighted by Crippen LogP contribution is 2.16. The number of nitrogens with one attached hydrogen (secondary N) is 2. The fourth-order valence-electron chi connectivity index (χ4n) is 1.74. The molecular weight excluding hydrogens is 304 g/mol. The van der Waals surface area contributed by atoms with Gasteiger partial charge in [0.05, 0.1) is 6.61 Å². The maximum Gasteiger partial charge on any atom is 0.314 e. The average molecular weight is 319 g/mol. The van der Waals surface area contributed by atoms with Gasteiger partial charge >= 0.3 is 11.8 Å². The van der Waals surface area contributed by atoms with E-state index in [1.165, 1.54) is 0 Å². The third-order valence-electron chi connectivity index (χ3n) is 2.71. The summed E-state index contributed by atoms with van der Waals surface area (Å²) in [7, 11) is 0. The number of amides is 2. The molecule has 0 bridgehead atoms. The van der Waals surface area contributed by atoms with Crippen LogP contribution in [0.2, 0.25) is 5.02 Å². The van der Waals surface area contributed by atoms with Crippen molar-refractivity contribution in [2.75, 3.05) is 17.2 Å². The Morgan fingerprint density at radius 2 is 1.64 bits per heavy atom. The summed E-state index contributed by atoms with van der Waals surface area (Å²) in [6.07, 6.45) is 0. The lowest BCUT2D eigenvalue weighted by Crippen LogP contribution is -2.29. The quantitative estimate of drug-likeness (QED) is 0.850. The van der Waals surface area contributed by atoms with E-state index in [-0.39, 0.29) is 0 Å². The Labute approximate surface area is 133 Å². The second-order valence-corrected chi connectivity index (χ2v) is 4.81. The van der Waals surface area contributed by atoms with Crippen LogP contribution in [0.25, 0.3) is 0 Å². The summed E-state index contributed by atoms with van der Waals surface area (Å²) in [6.45, 7) is 2.45. The predicted octanol–water partition coefficient (Wildman–Crippen LogP) is 3.32. The Morgan fingerprint density at radius 3 is 2.23 bits per heavy atom. The van der Waals surface area contributed by atoms with E-state index in [1.807, 2.05) is 6.92 Å². The van der Waals surface area contributed by atoms with Gasteiger partial charge < -0.3 is 15.4 Å². The van der Waals surface area contributed by atoms with Crippen molar-refractivity contribution in [1.29, 1.82) is 0 Å². The van der Waals surface area contributed by atoms with Gasteiger partial charge in [-0.2, -0.15) is 0 Å². The zero-order chi connectivity index (χ0) is 15.9. The minimum Gasteiger partial charge on any atom is -0.494 e. The second-order valence-electron chi connectivity index (χ2n) is 4.38. The van der Waals surface area contributed by atoms with Crippen molar-refractivity contribution in [2.45, 2.75) is 6.92 Å². The van der Waals surface area contributed by atoms with Gasteiger partial charge in [0, 0.05) is 16.4 Å². The van der Waals surface area contributed by atoms with Crippen LogP contribution in [0, 0.1) is 0 Å². The average Bonchev–Trinajstić information content (AvgIpc) is 2.49. The van der Waals surface area contributed by atoms with Crippen LogP contribution in [0.4, 0.5) is 11.4 Å². The zero-order valence-electron chi connectivity index (χ0n) is 11.9. The largest absolute Gasteiger partial charge is 0.494 e. The molecular formula is C16H15ClN2O3. The van der Waals surface area contributed by atoms with E-state index in [0.717, 1.165) is 0 Å². The molecule has 0 aliphatic carbocycles. The molecule has 6 heteroatoms. The predicted molar refractivity (Wildman–Crippen MR) is 86.3 cm³/mol. The Morgan fingerprint density at radius 1 is 1.00 bits per heavy atom. The number of carbonyl (C=O) groups is 2. The Hall–Kier alpha value is -2.53. The van der Waals surface area contributed by atoms with Crippen LogP contribution < -0.4 is 15.4 Å². The van der Waals surface area contributed by atoms with Gasteiger partial charge in [0.1, 0.15) is 5.75 Å². The number of anilines is 2. The van der Waals surface area contributed by atoms with Gasteiger partial charge in [0.15, 0.2) is 0 Å². The number of carbonyl (C=O) groups excluding carboxylic acids is 2. The van der Waals surface area contributed by atoms with E-state index in [1.54, 1.807) is 48.5 Å². The van der Waals surface area contributed by atoms with Gasteiger partial charge in [-0.1, -0.05) is 17.7 Å². The summed E-state index contributed by atoms with van der Waals surface area (Å²) in [5, 5.41) is 5.46. The molecule has 0 heterocycles. The van der Waals surface area contributed by atoms with Crippen LogP contribution in [-0.2, 0) is 9.59 Å². The minimum atomic E-state index is -0.767. The van der Waals surface area contributed by atoms with Crippen LogP contribution in [-0.4, -0.2) is 18.4 Å². The van der Waals surface area contributed by atoms with E-state index in [9.17, 15) is 9.59 Å². The van der Waals surface area contributed by atoms with Gasteiger partial charge in [0.2, 0.25) is 0 Å². The maximum absolute atomic E-state index is 11.8. The molecule has 2 amide bonds. The summed E-state index contributed by atoms with van der Waals surface area (Å²) in [5.41, 5.74) is 0.967. The van der Waals surface area contributed by atoms with Crippen LogP contribution >= 0.6 is 11.6 Å². The second kappa shape index (κ2) is 7.47. The van der Waals surface area contributed by atoms with Crippen molar-refractivity contribution in [2.24, 2.45) is 0 Å². The number of ether oxygens (including phenoxy) is 1. The summed E-state index contributed by atoms with van der Waals surface area (Å²) < 4.78 is 5.30. The minimum absolute atomic E-state index is 0.458. The molecule has 2 N–H and O–H groups in total. The molecule has 22 heavy (non-hydrogen) atoms. The first-order chi connectivity index (χ1) is 10.6. The van der Waals surface area contributed by atoms with Crippen molar-refractivity contribution in [1.82, 2.24) is 0 Å². The van der Waals surface area contributed by atoms with Crippen LogP contribution in [0.1, 0.15) is 6.92 Å². The lowest BCUT2D eigenvalue weighted by atomic mass is 10.3. The topological polar surface area (TPSA) is 67.4 Å². The smallest absolute Gasteiger partial charge is 0.314 e. The first-order valence-electron chi connectivity index (χ1n) is 6.69. The maximum atomic E-state index is 11.8. The first-order valence-corrected chi connectivity index (χ1v) is 7.07. The highest BCUT2D eigenvalue weighted by molar-refractivity contribution is 6.43. The molecule has 0 fully saturated rings. The molecule has 0 atom stereocenters. The van der Waals surface area contributed by atoms with Crippen LogP contribution in [0.5, 0.6) is 5.75 Å². The standard InChI is InChI=1S/C16H15ClN2O3/c1-2-22-14-8-6-12(7-9-14)18-15(20)16(21)19-13-5-3-4-11(17)10-13/h3-10H,2H2,1H3,(H,18,20)(H,19,21). The molecule has 2 aromatic rings. The number of halogens is 1. The molecule has 0 saturated heterocycles. The third kappa shape index (κ3) is 4.49. The molecule has 0 aliphatic rings. The SMILES string of the molecule is CCOc1ccc(NC(=O)C(=O)Nc2cccc(Cl)c2)cc1. The van der Waals surface area contributed by atoms with Gasteiger partial charge in [0.25, 0.3) is 0 Å². The molecule has 0 saturated carbocycles. The molecule has 0 radical (unpaired) electrons. The van der Waals surface area contributed by atoms with Crippen molar-refractivity contribution in [3.63, 3.8) is 0 Å². The fraction of sp³-hybridized carbons (Fsp3) is 0.125. The monoisotopic (exact) mass is 318 g/mol. The van der Waals surface area contributed by atoms with Crippen molar-refractivity contribution in [3.8, 4) is 5.75 Å². The van der Waals surface area contributed by atoms with E-state index in [0.29, 0.717) is 28.8 Å². The molecule has 0 aromatic heterocycles. The van der Waals surface area contributed by atoms with Gasteiger partial charge in [-0.05, 0) is 49.4 Å². The van der Waals surface area contributed by atoms with Crippen LogP contribution in [0.3, 0.4) is 0 Å². The van der Waals surface area contributed by atoms with Crippen LogP contribution in [0.15, 0.2) is 48.5 Å². The van der Waals surface area contributed by atoms with Crippen molar-refractivity contribution in [3.05, 3.63) is 53.6 Å². The van der Waals surface area contributed by atoms with E-state index < -0.39 is 11.8 Å². The number of benzene rings is 2. The zero-order valence-corrected chi connectivity index (χ0v) is 12.7. The molecule has 0 unspecified atom stereocenters. The molecule has 2 aromatic carbocycles. The molecule has 0 aliphatic heterocycles. The lowest BCUT2D eigenvalue weighted by molar-refractivity contribution is -0.132. The van der Waals surface area contributed by atoms with Crippen molar-refractivity contribution >= 4 is 34.8 Å². The summed E-state index contributed by atoms with van der Waals surface area (Å²) >= 11 is 5.81. The summed E-state index contributed by atoms with van der Waals surface area (Å²) in [4.78, 5) is 23.6. The molecule has 2 rings (SSSR count). The lowest BCUT2D eigenvalue weighted by Gasteiger charge is -2.08. The normalized spacial score (nSPS) is 9.91. The highest BCUT2D eigenvalue weighted by Gasteiger charge is 2.14. The molecule has 0 spiro atoms. The Kier molecular flexibility index (Phi) is 5.38. The van der Waals surface area contributed by atoms with E-state index in [4.69, 9.17) is 16.3 Å². The molecule has 114 valence electrons. The molecule has 5 nitrogen and oxygen atoms in total. The number of hydrogen-bond donors (Lipinski definition) is 2. The third-order valence-corrected chi connectivity index (χ3v) is 2.95. The Bertz CT molecular complexity index is 671. The fourth-order valence-corrected chi connectivity index (χ4v) is 1.93. The summed E-state index contributed by atoms with van der Waals surface area (Å²) in [5.74, 6) is -0.829. The van der Waals surface area contributed by atoms with Gasteiger partial charge in [-0.15, -0.1) is 0 Å². The van der Waals surface area contributed by atoms with Gasteiger partial charge in [-0.25, -0.2) is 0 Å². The first kappa shape index (κ1) is 15.9. The van der Waals surface area contributed by atoms with E-state index in [2.05, 4.69) is 10.6 Å². The number of rotatable bonds is 4. The van der Waals surface area contributed by atoms with Gasteiger partial charge in [-0.3, -0.25) is 9.59 Å². The number of hydrogen-bond acceptors (Lipinski definition) is 3. The summed E-state index contributed by atoms with van der Waals surface area (Å²) in [6, 6.07) is 13.3. The van der Waals surface area contributed by atoms with Crippen molar-refractivity contribution < 1.29 is 14.3 Å². The van der Waals surface area contributed by atoms with E-state index >= 15 is 0 Å². The highest BCUT2D eigenvalue weighted by atomic mass is 35.5.